The minimum Gasteiger partial charge on any atom is -0.437 e. The third-order valence-corrected chi connectivity index (χ3v) is 2.95. The average molecular weight is 272 g/mol. The Labute approximate surface area is 119 Å². The van der Waals surface area contributed by atoms with E-state index in [-0.39, 0.29) is 0 Å². The Bertz CT molecular complexity index is 567. The van der Waals surface area contributed by atoms with Crippen LogP contribution in [0, 0.1) is 0 Å². The van der Waals surface area contributed by atoms with Gasteiger partial charge in [0, 0.05) is 6.54 Å². The SMILES string of the molecule is CCNc1ncnc(Oc2ccc(C(C)C)cc2)c1N. The molecule has 3 N–H and O–H groups in total. The number of nitrogen functional groups attached to an aromatic ring is 1. The average Bonchev–Trinajstić information content (AvgIpc) is 2.44. The molecule has 1 heterocycles. The van der Waals surface area contributed by atoms with Gasteiger partial charge in [0.15, 0.2) is 5.82 Å². The van der Waals surface area contributed by atoms with E-state index < -0.39 is 0 Å². The van der Waals surface area contributed by atoms with Crippen molar-refractivity contribution in [3.63, 3.8) is 0 Å². The Kier molecular flexibility index (Phi) is 4.40. The van der Waals surface area contributed by atoms with Crippen LogP contribution in [0.2, 0.25) is 0 Å². The van der Waals surface area contributed by atoms with E-state index in [0.717, 1.165) is 6.54 Å². The van der Waals surface area contributed by atoms with Gasteiger partial charge in [0.25, 0.3) is 0 Å². The van der Waals surface area contributed by atoms with E-state index in [0.29, 0.717) is 29.1 Å². The van der Waals surface area contributed by atoms with Gasteiger partial charge >= 0.3 is 0 Å². The number of aromatic nitrogens is 2. The molecule has 0 unspecified atom stereocenters. The molecule has 0 aliphatic rings. The molecule has 0 aliphatic heterocycles. The summed E-state index contributed by atoms with van der Waals surface area (Å²) < 4.78 is 5.71. The van der Waals surface area contributed by atoms with Crippen LogP contribution in [0.25, 0.3) is 0 Å². The lowest BCUT2D eigenvalue weighted by atomic mass is 10.0. The summed E-state index contributed by atoms with van der Waals surface area (Å²) in [6.45, 7) is 7.03. The summed E-state index contributed by atoms with van der Waals surface area (Å²) in [4.78, 5) is 8.16. The first kappa shape index (κ1) is 14.1. The zero-order chi connectivity index (χ0) is 14.5. The van der Waals surface area contributed by atoms with E-state index in [4.69, 9.17) is 10.5 Å². The third kappa shape index (κ3) is 3.17. The minimum absolute atomic E-state index is 0.369. The molecule has 2 aromatic rings. The van der Waals surface area contributed by atoms with Gasteiger partial charge < -0.3 is 15.8 Å². The maximum atomic E-state index is 5.98. The topological polar surface area (TPSA) is 73.1 Å². The van der Waals surface area contributed by atoms with Crippen LogP contribution in [-0.2, 0) is 0 Å². The lowest BCUT2D eigenvalue weighted by molar-refractivity contribution is 0.464. The van der Waals surface area contributed by atoms with Crippen LogP contribution in [0.5, 0.6) is 11.6 Å². The fourth-order valence-electron chi connectivity index (χ4n) is 1.80. The van der Waals surface area contributed by atoms with Crippen LogP contribution >= 0.6 is 0 Å². The van der Waals surface area contributed by atoms with Gasteiger partial charge in [-0.3, -0.25) is 0 Å². The van der Waals surface area contributed by atoms with Crippen LogP contribution in [-0.4, -0.2) is 16.5 Å². The van der Waals surface area contributed by atoms with Crippen LogP contribution in [0.15, 0.2) is 30.6 Å². The summed E-state index contributed by atoms with van der Waals surface area (Å²) in [6, 6.07) is 7.93. The van der Waals surface area contributed by atoms with E-state index in [2.05, 4.69) is 29.1 Å². The number of anilines is 2. The molecule has 0 fully saturated rings. The molecule has 106 valence electrons. The normalized spacial score (nSPS) is 10.6. The molecule has 0 saturated heterocycles. The summed E-state index contributed by atoms with van der Waals surface area (Å²) in [5, 5.41) is 3.07. The molecule has 0 spiro atoms. The largest absolute Gasteiger partial charge is 0.437 e. The van der Waals surface area contributed by atoms with E-state index >= 15 is 0 Å². The fraction of sp³-hybridized carbons (Fsp3) is 0.333. The van der Waals surface area contributed by atoms with Gasteiger partial charge in [-0.05, 0) is 30.5 Å². The van der Waals surface area contributed by atoms with Crippen LogP contribution in [0.4, 0.5) is 11.5 Å². The summed E-state index contributed by atoms with van der Waals surface area (Å²) in [5.74, 6) is 2.17. The number of nitrogens with zero attached hydrogens (tertiary/aromatic N) is 2. The molecule has 5 nitrogen and oxygen atoms in total. The molecule has 0 radical (unpaired) electrons. The first-order chi connectivity index (χ1) is 9.61. The summed E-state index contributed by atoms with van der Waals surface area (Å²) in [5.41, 5.74) is 7.67. The number of nitrogens with two attached hydrogens (primary N) is 1. The molecule has 1 aromatic heterocycles. The highest BCUT2D eigenvalue weighted by atomic mass is 16.5. The highest BCUT2D eigenvalue weighted by molar-refractivity contribution is 5.66. The smallest absolute Gasteiger partial charge is 0.248 e. The lowest BCUT2D eigenvalue weighted by Crippen LogP contribution is -2.05. The summed E-state index contributed by atoms with van der Waals surface area (Å²) >= 11 is 0. The quantitative estimate of drug-likeness (QED) is 0.872. The Morgan fingerprint density at radius 3 is 2.50 bits per heavy atom. The van der Waals surface area contributed by atoms with Crippen molar-refractivity contribution >= 4 is 11.5 Å². The van der Waals surface area contributed by atoms with Crippen LogP contribution in [0.3, 0.4) is 0 Å². The van der Waals surface area contributed by atoms with Crippen molar-refractivity contribution in [2.45, 2.75) is 26.7 Å². The predicted octanol–water partition coefficient (Wildman–Crippen LogP) is 3.41. The van der Waals surface area contributed by atoms with Crippen molar-refractivity contribution in [3.8, 4) is 11.6 Å². The Hall–Kier alpha value is -2.30. The van der Waals surface area contributed by atoms with Crippen LogP contribution in [0.1, 0.15) is 32.3 Å². The van der Waals surface area contributed by atoms with Crippen molar-refractivity contribution in [1.29, 1.82) is 0 Å². The molecule has 1 aromatic carbocycles. The Balaban J connectivity index is 2.19. The maximum Gasteiger partial charge on any atom is 0.248 e. The molecular formula is C15H20N4O. The fourth-order valence-corrected chi connectivity index (χ4v) is 1.80. The molecule has 20 heavy (non-hydrogen) atoms. The third-order valence-electron chi connectivity index (χ3n) is 2.95. The number of rotatable bonds is 5. The first-order valence-electron chi connectivity index (χ1n) is 6.74. The summed E-state index contributed by atoms with van der Waals surface area (Å²) in [6.07, 6.45) is 1.44. The van der Waals surface area contributed by atoms with E-state index in [1.165, 1.54) is 11.9 Å². The predicted molar refractivity (Wildman–Crippen MR) is 81.2 cm³/mol. The van der Waals surface area contributed by atoms with Gasteiger partial charge in [-0.25, -0.2) is 4.98 Å². The molecule has 2 rings (SSSR count). The van der Waals surface area contributed by atoms with Gasteiger partial charge in [-0.15, -0.1) is 0 Å². The molecule has 0 atom stereocenters. The van der Waals surface area contributed by atoms with Crippen molar-refractivity contribution in [2.75, 3.05) is 17.6 Å². The second-order valence-corrected chi connectivity index (χ2v) is 4.80. The monoisotopic (exact) mass is 272 g/mol. The zero-order valence-electron chi connectivity index (χ0n) is 12.1. The highest BCUT2D eigenvalue weighted by Crippen LogP contribution is 2.29. The number of benzene rings is 1. The van der Waals surface area contributed by atoms with Crippen molar-refractivity contribution < 1.29 is 4.74 Å². The molecule has 0 amide bonds. The van der Waals surface area contributed by atoms with E-state index in [9.17, 15) is 0 Å². The second-order valence-electron chi connectivity index (χ2n) is 4.80. The second kappa shape index (κ2) is 6.23. The molecule has 0 aliphatic carbocycles. The summed E-state index contributed by atoms with van der Waals surface area (Å²) in [7, 11) is 0. The lowest BCUT2D eigenvalue weighted by Gasteiger charge is -2.11. The van der Waals surface area contributed by atoms with Crippen molar-refractivity contribution in [2.24, 2.45) is 0 Å². The molecule has 5 heteroatoms. The van der Waals surface area contributed by atoms with Gasteiger partial charge in [-0.1, -0.05) is 26.0 Å². The zero-order valence-corrected chi connectivity index (χ0v) is 12.1. The molecule has 0 saturated carbocycles. The molecular weight excluding hydrogens is 252 g/mol. The van der Waals surface area contributed by atoms with Crippen LogP contribution < -0.4 is 15.8 Å². The Morgan fingerprint density at radius 2 is 1.90 bits per heavy atom. The van der Waals surface area contributed by atoms with Crippen molar-refractivity contribution in [3.05, 3.63) is 36.2 Å². The number of nitrogens with one attached hydrogen (secondary N) is 1. The molecule has 0 bridgehead atoms. The number of ether oxygens (including phenoxy) is 1. The number of hydrogen-bond acceptors (Lipinski definition) is 5. The highest BCUT2D eigenvalue weighted by Gasteiger charge is 2.09. The standard InChI is InChI=1S/C15H20N4O/c1-4-17-14-13(16)15(19-9-18-14)20-12-7-5-11(6-8-12)10(2)3/h5-10H,4,16H2,1-3H3,(H,17,18,19). The van der Waals surface area contributed by atoms with Gasteiger partial charge in [0.2, 0.25) is 5.88 Å². The Morgan fingerprint density at radius 1 is 1.20 bits per heavy atom. The van der Waals surface area contributed by atoms with Gasteiger partial charge in [0.1, 0.15) is 17.8 Å². The maximum absolute atomic E-state index is 5.98. The minimum atomic E-state index is 0.369. The van der Waals surface area contributed by atoms with E-state index in [1.807, 2.05) is 31.2 Å². The first-order valence-corrected chi connectivity index (χ1v) is 6.74. The van der Waals surface area contributed by atoms with Gasteiger partial charge in [0.05, 0.1) is 0 Å². The van der Waals surface area contributed by atoms with Crippen molar-refractivity contribution in [1.82, 2.24) is 9.97 Å². The number of hydrogen-bond donors (Lipinski definition) is 2. The van der Waals surface area contributed by atoms with E-state index in [1.54, 1.807) is 0 Å². The van der Waals surface area contributed by atoms with Gasteiger partial charge in [-0.2, -0.15) is 4.98 Å².